The molecule has 0 aromatic heterocycles. The summed E-state index contributed by atoms with van der Waals surface area (Å²) in [4.78, 5) is 38.1. The number of benzene rings is 6. The lowest BCUT2D eigenvalue weighted by molar-refractivity contribution is -0.411. The van der Waals surface area contributed by atoms with E-state index in [-0.39, 0.29) is 37.9 Å². The summed E-state index contributed by atoms with van der Waals surface area (Å²) >= 11 is 0. The van der Waals surface area contributed by atoms with E-state index >= 15 is 0 Å². The van der Waals surface area contributed by atoms with Gasteiger partial charge in [-0.25, -0.2) is 4.79 Å². The molecule has 0 saturated carbocycles. The number of non-ortho nitro benzene ring substituents is 1. The van der Waals surface area contributed by atoms with E-state index in [4.69, 9.17) is 104 Å². The van der Waals surface area contributed by atoms with Gasteiger partial charge in [0, 0.05) is 53.1 Å². The van der Waals surface area contributed by atoms with E-state index in [1.165, 1.54) is 66.7 Å². The number of ether oxygens (including phenoxy) is 22. The second kappa shape index (κ2) is 36.3. The summed E-state index contributed by atoms with van der Waals surface area (Å²) < 4.78 is 149. The molecule has 0 spiro atoms. The Hall–Kier alpha value is -7.30. The SMILES string of the molecule is COC(=O)[C@H]1O[C@@H](O[C@@]2(C)[C@@H](OC)[C@H](O[C@@H]3[C@@H](OCc4ccccc4)[C@H](C)O[C@@H](O[C@@H]4[C@@H](OCc5ccccc5)[C@H](C)O[C@@H](O[C@H]5[C@H](Oc6ccc([N+](=O)[O-])cc6)O[C@@H](C)[C@H]6O[C@@H](c7ccccc7)O[C@@H]56)[C@@H]4OCc4ccccc4)[C@@H]3OCc3ccccc3)O[C@@H](C)[C@@H]2OC)[C@H](OC(C)=O)[C@@H](OC)[C@@H]1OC. The predicted octanol–water partition coefficient (Wildman–Crippen LogP) is 9.60. The molecule has 6 aromatic carbocycles. The van der Waals surface area contributed by atoms with Gasteiger partial charge < -0.3 is 104 Å². The van der Waals surface area contributed by atoms with Crippen molar-refractivity contribution in [1.29, 1.82) is 0 Å². The number of nitro benzene ring substituents is 1. The molecule has 0 N–H and O–H groups in total. The molecule has 26 atom stereocenters. The van der Waals surface area contributed by atoms with Crippen LogP contribution in [0.3, 0.4) is 0 Å². The minimum atomic E-state index is -1.69. The number of fused-ring (bicyclic) bond motifs is 1. The fourth-order valence-electron chi connectivity index (χ4n) is 14.8. The quantitative estimate of drug-likeness (QED) is 0.0230. The van der Waals surface area contributed by atoms with Gasteiger partial charge in [-0.05, 0) is 69.0 Å². The van der Waals surface area contributed by atoms with E-state index in [9.17, 15) is 19.7 Å². The Bertz CT molecular complexity index is 3710. The molecule has 0 aliphatic carbocycles. The number of nitrogens with zero attached hydrogens (tertiary/aromatic N) is 1. The van der Waals surface area contributed by atoms with Crippen LogP contribution in [0.2, 0.25) is 0 Å². The zero-order chi connectivity index (χ0) is 74.6. The Morgan fingerprint density at radius 1 is 0.425 bits per heavy atom. The van der Waals surface area contributed by atoms with Crippen molar-refractivity contribution in [3.63, 3.8) is 0 Å². The van der Waals surface area contributed by atoms with Gasteiger partial charge in [0.1, 0.15) is 84.6 Å². The fraction of sp³-hybridized carbons (Fsp3) is 0.519. The van der Waals surface area contributed by atoms with Crippen LogP contribution in [0.25, 0.3) is 0 Å². The van der Waals surface area contributed by atoms with Gasteiger partial charge in [-0.1, -0.05) is 152 Å². The van der Waals surface area contributed by atoms with Crippen molar-refractivity contribution >= 4 is 17.6 Å². The lowest BCUT2D eigenvalue weighted by Crippen LogP contribution is -2.72. The summed E-state index contributed by atoms with van der Waals surface area (Å²) in [6.45, 7) is 10.4. The number of carbonyl (C=O) groups is 2. The molecule has 0 radical (unpaired) electrons. The third-order valence-corrected chi connectivity index (χ3v) is 19.9. The van der Waals surface area contributed by atoms with Gasteiger partial charge in [0.2, 0.25) is 6.29 Å². The van der Waals surface area contributed by atoms with E-state index < -0.39 is 176 Å². The van der Waals surface area contributed by atoms with Gasteiger partial charge >= 0.3 is 11.9 Å². The highest BCUT2D eigenvalue weighted by Gasteiger charge is 2.63. The Labute approximate surface area is 616 Å². The van der Waals surface area contributed by atoms with Crippen molar-refractivity contribution in [2.45, 2.75) is 227 Å². The fourth-order valence-corrected chi connectivity index (χ4v) is 14.8. The van der Waals surface area contributed by atoms with E-state index in [0.717, 1.165) is 27.8 Å². The predicted molar refractivity (Wildman–Crippen MR) is 374 cm³/mol. The Morgan fingerprint density at radius 2 is 0.858 bits per heavy atom. The first-order chi connectivity index (χ1) is 51.4. The number of methoxy groups -OCH3 is 5. The van der Waals surface area contributed by atoms with E-state index in [1.54, 1.807) is 13.8 Å². The second-order valence-corrected chi connectivity index (χ2v) is 27.0. The molecule has 572 valence electrons. The molecule has 0 bridgehead atoms. The zero-order valence-corrected chi connectivity index (χ0v) is 61.1. The van der Waals surface area contributed by atoms with Gasteiger partial charge in [-0.3, -0.25) is 14.9 Å². The molecular formula is C79H95NO26. The van der Waals surface area contributed by atoms with E-state index in [1.807, 2.05) is 172 Å². The maximum Gasteiger partial charge on any atom is 0.337 e. The van der Waals surface area contributed by atoms with Gasteiger partial charge in [0.15, 0.2) is 49.8 Å². The molecule has 6 saturated heterocycles. The third kappa shape index (κ3) is 18.0. The average Bonchev–Trinajstić information content (AvgIpc) is 1.21. The smallest absolute Gasteiger partial charge is 0.337 e. The molecule has 27 nitrogen and oxygen atoms in total. The molecular weight excluding hydrogens is 1380 g/mol. The number of nitro groups is 1. The third-order valence-electron chi connectivity index (χ3n) is 19.9. The average molecular weight is 1470 g/mol. The second-order valence-electron chi connectivity index (χ2n) is 27.0. The van der Waals surface area contributed by atoms with Crippen LogP contribution in [0.1, 0.15) is 75.6 Å². The molecule has 6 aliphatic heterocycles. The number of hydrogen-bond donors (Lipinski definition) is 0. The largest absolute Gasteiger partial charge is 0.467 e. The van der Waals surface area contributed by atoms with E-state index in [0.29, 0.717) is 0 Å². The summed E-state index contributed by atoms with van der Waals surface area (Å²) in [7, 11) is 6.89. The highest BCUT2D eigenvalue weighted by atomic mass is 16.8. The van der Waals surface area contributed by atoms with Crippen molar-refractivity contribution in [1.82, 2.24) is 0 Å². The molecule has 6 aromatic rings. The van der Waals surface area contributed by atoms with Crippen molar-refractivity contribution in [3.8, 4) is 5.75 Å². The maximum absolute atomic E-state index is 13.6. The monoisotopic (exact) mass is 1470 g/mol. The van der Waals surface area contributed by atoms with E-state index in [2.05, 4.69) is 0 Å². The summed E-state index contributed by atoms with van der Waals surface area (Å²) in [5.74, 6) is -1.27. The maximum atomic E-state index is 13.6. The van der Waals surface area contributed by atoms with Crippen LogP contribution in [-0.4, -0.2) is 205 Å². The number of carbonyl (C=O) groups excluding carboxylic acids is 2. The lowest BCUT2D eigenvalue weighted by atomic mass is 9.84. The van der Waals surface area contributed by atoms with Crippen molar-refractivity contribution < 1.29 is 119 Å². The first-order valence-electron chi connectivity index (χ1n) is 35.6. The van der Waals surface area contributed by atoms with Gasteiger partial charge in [0.25, 0.3) is 5.69 Å². The van der Waals surface area contributed by atoms with Crippen LogP contribution in [0, 0.1) is 10.1 Å². The van der Waals surface area contributed by atoms with Crippen LogP contribution in [0.5, 0.6) is 5.75 Å². The summed E-state index contributed by atoms with van der Waals surface area (Å²) in [6, 6.07) is 53.6. The summed E-state index contributed by atoms with van der Waals surface area (Å²) in [5, 5.41) is 11.9. The standard InChI is InChI=1S/C79H95NO26/c1-45-57(90-41-50-27-17-12-18-28-50)62(66(92-43-52-31-21-14-22-32-52)75(95-45)105-69-64-59(100-73(101-64)54-35-25-16-26-36-54)47(3)96-76(69)99-56-39-37-55(38-40-56)80(83)84)102-74-67(93-44-53-33-23-15-24-34-53)63(58(46(2)94-74)91-42-51-29-19-13-20-30-51)103-78-71(88-10)79(6,70(87-9)48(4)97-78)106-77-68(98-49(5)81)61(86-8)60(85-7)65(104-77)72(82)89-11/h12-40,45-48,57-71,73-78H,41-44H2,1-11H3/t45-,46-,47-,48-,57-,58-,59+,60-,61-,62+,63+,64+,65-,66+,67+,68+,69+,70-,71-,73+,74-,75-,76-,77-,78-,79+/m0/s1. The van der Waals surface area contributed by atoms with Crippen molar-refractivity contribution in [3.05, 3.63) is 214 Å². The molecule has 6 heterocycles. The number of rotatable bonds is 30. The molecule has 0 unspecified atom stereocenters. The Kier molecular flexibility index (Phi) is 26.8. The lowest BCUT2D eigenvalue weighted by Gasteiger charge is -2.55. The topological polar surface area (TPSA) is 280 Å². The summed E-state index contributed by atoms with van der Waals surface area (Å²) in [5.41, 5.74) is 2.19. The summed E-state index contributed by atoms with van der Waals surface area (Å²) in [6.07, 6.45) is -28.1. The molecule has 6 aliphatic rings. The zero-order valence-electron chi connectivity index (χ0n) is 61.1. The first-order valence-corrected chi connectivity index (χ1v) is 35.6. The van der Waals surface area contributed by atoms with Gasteiger partial charge in [-0.15, -0.1) is 0 Å². The molecule has 106 heavy (non-hydrogen) atoms. The minimum absolute atomic E-state index is 0.00289. The number of esters is 2. The molecule has 0 amide bonds. The number of hydrogen-bond acceptors (Lipinski definition) is 26. The van der Waals surface area contributed by atoms with Gasteiger partial charge in [-0.2, -0.15) is 0 Å². The molecule has 6 fully saturated rings. The van der Waals surface area contributed by atoms with Crippen LogP contribution >= 0.6 is 0 Å². The van der Waals surface area contributed by atoms with Crippen LogP contribution < -0.4 is 4.74 Å². The van der Waals surface area contributed by atoms with Gasteiger partial charge in [0.05, 0.1) is 62.9 Å². The van der Waals surface area contributed by atoms with Crippen LogP contribution in [0.4, 0.5) is 5.69 Å². The van der Waals surface area contributed by atoms with Crippen molar-refractivity contribution in [2.75, 3.05) is 35.5 Å². The normalized spacial score (nSPS) is 35.2. The van der Waals surface area contributed by atoms with Crippen LogP contribution in [0.15, 0.2) is 176 Å². The highest BCUT2D eigenvalue weighted by Crippen LogP contribution is 2.46. The van der Waals surface area contributed by atoms with Crippen molar-refractivity contribution in [2.24, 2.45) is 0 Å². The minimum Gasteiger partial charge on any atom is -0.467 e. The first kappa shape index (κ1) is 78.3. The Balaban J connectivity index is 0.958. The Morgan fingerprint density at radius 3 is 1.31 bits per heavy atom. The molecule has 27 heteroatoms. The van der Waals surface area contributed by atoms with Crippen LogP contribution in [-0.2, 0) is 135 Å². The highest BCUT2D eigenvalue weighted by molar-refractivity contribution is 5.76. The molecule has 12 rings (SSSR count).